The van der Waals surface area contributed by atoms with Crippen molar-refractivity contribution in [2.24, 2.45) is 0 Å². The Morgan fingerprint density at radius 3 is 2.67 bits per heavy atom. The van der Waals surface area contributed by atoms with Crippen molar-refractivity contribution >= 4 is 27.5 Å². The number of thiophene rings is 1. The number of aromatic amines is 1. The van der Waals surface area contributed by atoms with Gasteiger partial charge in [-0.05, 0) is 40.2 Å². The number of nitrogens with zero attached hydrogens (tertiary/aromatic N) is 2. The molecule has 0 aliphatic rings. The van der Waals surface area contributed by atoms with Gasteiger partial charge in [-0.25, -0.2) is 9.78 Å². The van der Waals surface area contributed by atoms with Crippen molar-refractivity contribution in [1.82, 2.24) is 14.9 Å². The van der Waals surface area contributed by atoms with Crippen LogP contribution in [0, 0.1) is 19.3 Å². The van der Waals surface area contributed by atoms with E-state index >= 15 is 0 Å². The molecule has 2 heterocycles. The van der Waals surface area contributed by atoms with Gasteiger partial charge in [-0.3, -0.25) is 9.69 Å². The molecule has 9 heteroatoms. The van der Waals surface area contributed by atoms with Gasteiger partial charge in [0.25, 0.3) is 5.56 Å². The van der Waals surface area contributed by atoms with Gasteiger partial charge in [0, 0.05) is 12.6 Å². The van der Waals surface area contributed by atoms with Gasteiger partial charge in [0.2, 0.25) is 0 Å². The maximum atomic E-state index is 12.7. The standard InChI is InChI=1S/C21H29N3O5S/c1-7-8-28-11-15(25)9-24(12(2)3)10-16-22-19(26)17-14(6)18(30-20(17)23-16)21(27)29-13(4)5/h1,12-13,15,25H,8-11H2,2-6H3,(H,22,23,26)/t15-/m1/s1. The third-order valence-electron chi connectivity index (χ3n) is 4.40. The van der Waals surface area contributed by atoms with Gasteiger partial charge in [0.15, 0.2) is 0 Å². The summed E-state index contributed by atoms with van der Waals surface area (Å²) in [5.41, 5.74) is 0.275. The summed E-state index contributed by atoms with van der Waals surface area (Å²) in [7, 11) is 0. The first kappa shape index (κ1) is 24.0. The molecule has 0 aliphatic carbocycles. The molecule has 0 amide bonds. The first-order valence-electron chi connectivity index (χ1n) is 9.80. The number of esters is 1. The molecule has 0 fully saturated rings. The molecule has 2 rings (SSSR count). The number of carbonyl (C=O) groups is 1. The Morgan fingerprint density at radius 2 is 2.07 bits per heavy atom. The van der Waals surface area contributed by atoms with Crippen LogP contribution in [0.1, 0.15) is 48.8 Å². The van der Waals surface area contributed by atoms with Crippen molar-refractivity contribution in [3.05, 3.63) is 26.6 Å². The summed E-state index contributed by atoms with van der Waals surface area (Å²) in [4.78, 5) is 35.2. The van der Waals surface area contributed by atoms with E-state index in [1.807, 2.05) is 18.7 Å². The number of carbonyl (C=O) groups excluding carboxylic acids is 1. The second kappa shape index (κ2) is 10.7. The van der Waals surface area contributed by atoms with E-state index in [2.05, 4.69) is 15.9 Å². The molecule has 8 nitrogen and oxygen atoms in total. The SMILES string of the molecule is C#CCOC[C@H](O)CN(Cc1nc2sc(C(=O)OC(C)C)c(C)c2c(=O)[nH]1)C(C)C. The third kappa shape index (κ3) is 6.12. The highest BCUT2D eigenvalue weighted by Gasteiger charge is 2.22. The Bertz CT molecular complexity index is 973. The van der Waals surface area contributed by atoms with Crippen LogP contribution in [-0.2, 0) is 16.0 Å². The molecule has 2 aromatic heterocycles. The fourth-order valence-corrected chi connectivity index (χ4v) is 4.04. The van der Waals surface area contributed by atoms with Crippen molar-refractivity contribution < 1.29 is 19.4 Å². The summed E-state index contributed by atoms with van der Waals surface area (Å²) in [5.74, 6) is 2.37. The molecule has 2 aromatic rings. The summed E-state index contributed by atoms with van der Waals surface area (Å²) in [6, 6.07) is 0.0925. The largest absolute Gasteiger partial charge is 0.459 e. The number of aliphatic hydroxyl groups excluding tert-OH is 1. The Morgan fingerprint density at radius 1 is 1.37 bits per heavy atom. The van der Waals surface area contributed by atoms with E-state index in [4.69, 9.17) is 15.9 Å². The fraction of sp³-hybridized carbons (Fsp3) is 0.571. The Hall–Kier alpha value is -2.25. The molecule has 0 bridgehead atoms. The lowest BCUT2D eigenvalue weighted by molar-refractivity contribution is 0.0186. The van der Waals surface area contributed by atoms with E-state index in [0.717, 1.165) is 11.3 Å². The highest BCUT2D eigenvalue weighted by molar-refractivity contribution is 7.20. The zero-order valence-corrected chi connectivity index (χ0v) is 18.8. The molecule has 0 aromatic carbocycles. The van der Waals surface area contributed by atoms with Gasteiger partial charge in [0.1, 0.15) is 22.1 Å². The van der Waals surface area contributed by atoms with Crippen molar-refractivity contribution in [2.75, 3.05) is 19.8 Å². The van der Waals surface area contributed by atoms with E-state index in [1.165, 1.54) is 0 Å². The van der Waals surface area contributed by atoms with Crippen LogP contribution >= 0.6 is 11.3 Å². The smallest absolute Gasteiger partial charge is 0.348 e. The molecular formula is C21H29N3O5S. The van der Waals surface area contributed by atoms with Gasteiger partial charge in [0.05, 0.1) is 30.7 Å². The Kier molecular flexibility index (Phi) is 8.55. The summed E-state index contributed by atoms with van der Waals surface area (Å²) in [6.45, 7) is 10.2. The van der Waals surface area contributed by atoms with E-state index < -0.39 is 12.1 Å². The van der Waals surface area contributed by atoms with Crippen molar-refractivity contribution in [2.45, 2.75) is 59.4 Å². The van der Waals surface area contributed by atoms with Gasteiger partial charge in [-0.1, -0.05) is 5.92 Å². The molecule has 2 N–H and O–H groups in total. The number of hydrogen-bond donors (Lipinski definition) is 2. The van der Waals surface area contributed by atoms with Crippen LogP contribution < -0.4 is 5.56 Å². The molecule has 30 heavy (non-hydrogen) atoms. The lowest BCUT2D eigenvalue weighted by Crippen LogP contribution is -2.39. The predicted molar refractivity (Wildman–Crippen MR) is 117 cm³/mol. The van der Waals surface area contributed by atoms with Crippen LogP contribution in [0.4, 0.5) is 0 Å². The molecule has 0 saturated heterocycles. The summed E-state index contributed by atoms with van der Waals surface area (Å²) in [6.07, 6.45) is 4.17. The number of rotatable bonds is 10. The quantitative estimate of drug-likeness (QED) is 0.334. The number of ether oxygens (including phenoxy) is 2. The van der Waals surface area contributed by atoms with E-state index in [-0.39, 0.29) is 30.9 Å². The number of H-pyrrole nitrogens is 1. The van der Waals surface area contributed by atoms with Crippen molar-refractivity contribution in [3.63, 3.8) is 0 Å². The van der Waals surface area contributed by atoms with Crippen LogP contribution in [0.25, 0.3) is 10.2 Å². The van der Waals surface area contributed by atoms with Gasteiger partial charge in [-0.15, -0.1) is 17.8 Å². The number of terminal acetylenes is 1. The maximum Gasteiger partial charge on any atom is 0.348 e. The van der Waals surface area contributed by atoms with Crippen LogP contribution in [-0.4, -0.2) is 64.0 Å². The molecule has 0 radical (unpaired) electrons. The second-order valence-corrected chi connectivity index (χ2v) is 8.60. The molecule has 164 valence electrons. The Labute approximate surface area is 180 Å². The molecular weight excluding hydrogens is 406 g/mol. The number of aryl methyl sites for hydroxylation is 1. The monoisotopic (exact) mass is 435 g/mol. The average Bonchev–Trinajstić information content (AvgIpc) is 2.98. The minimum atomic E-state index is -0.724. The topological polar surface area (TPSA) is 105 Å². The summed E-state index contributed by atoms with van der Waals surface area (Å²) < 4.78 is 10.5. The number of hydrogen-bond acceptors (Lipinski definition) is 8. The van der Waals surface area contributed by atoms with E-state index in [9.17, 15) is 14.7 Å². The number of aliphatic hydroxyl groups is 1. The number of nitrogens with one attached hydrogen (secondary N) is 1. The fourth-order valence-electron chi connectivity index (χ4n) is 2.95. The highest BCUT2D eigenvalue weighted by atomic mass is 32.1. The normalized spacial score (nSPS) is 12.7. The van der Waals surface area contributed by atoms with E-state index in [1.54, 1.807) is 20.8 Å². The first-order valence-corrected chi connectivity index (χ1v) is 10.6. The lowest BCUT2D eigenvalue weighted by atomic mass is 10.2. The minimum absolute atomic E-state index is 0.0925. The van der Waals surface area contributed by atoms with Crippen LogP contribution in [0.5, 0.6) is 0 Å². The predicted octanol–water partition coefficient (Wildman–Crippen LogP) is 2.08. The lowest BCUT2D eigenvalue weighted by Gasteiger charge is -2.28. The first-order chi connectivity index (χ1) is 14.1. The van der Waals surface area contributed by atoms with Gasteiger partial charge in [-0.2, -0.15) is 0 Å². The van der Waals surface area contributed by atoms with Crippen LogP contribution in [0.2, 0.25) is 0 Å². The van der Waals surface area contributed by atoms with Crippen molar-refractivity contribution in [1.29, 1.82) is 0 Å². The molecule has 0 aliphatic heterocycles. The second-order valence-electron chi connectivity index (χ2n) is 7.60. The molecule has 1 atom stereocenters. The van der Waals surface area contributed by atoms with Gasteiger partial charge < -0.3 is 19.6 Å². The molecule has 0 spiro atoms. The van der Waals surface area contributed by atoms with Crippen LogP contribution in [0.3, 0.4) is 0 Å². The van der Waals surface area contributed by atoms with Gasteiger partial charge >= 0.3 is 5.97 Å². The average molecular weight is 436 g/mol. The maximum absolute atomic E-state index is 12.7. The Balaban J connectivity index is 2.25. The third-order valence-corrected chi connectivity index (χ3v) is 5.57. The molecule has 0 saturated carbocycles. The minimum Gasteiger partial charge on any atom is -0.459 e. The number of fused-ring (bicyclic) bond motifs is 1. The molecule has 0 unspecified atom stereocenters. The van der Waals surface area contributed by atoms with Crippen molar-refractivity contribution in [3.8, 4) is 12.3 Å². The highest BCUT2D eigenvalue weighted by Crippen LogP contribution is 2.28. The van der Waals surface area contributed by atoms with Crippen LogP contribution in [0.15, 0.2) is 4.79 Å². The summed E-state index contributed by atoms with van der Waals surface area (Å²) in [5, 5.41) is 10.6. The summed E-state index contributed by atoms with van der Waals surface area (Å²) >= 11 is 1.15. The zero-order chi connectivity index (χ0) is 22.4. The number of aromatic nitrogens is 2. The van der Waals surface area contributed by atoms with E-state index in [0.29, 0.717) is 39.6 Å². The zero-order valence-electron chi connectivity index (χ0n) is 18.0.